The Hall–Kier alpha value is -4.00. The average Bonchev–Trinajstić information content (AvgIpc) is 3.47. The van der Waals surface area contributed by atoms with Crippen molar-refractivity contribution in [2.45, 2.75) is 19.9 Å². The molecule has 4 aromatic heterocycles. The Balaban J connectivity index is 1.50. The molecule has 0 saturated heterocycles. The second kappa shape index (κ2) is 8.39. The molecule has 1 aromatic carbocycles. The number of fused-ring (bicyclic) bond motifs is 1. The lowest BCUT2D eigenvalue weighted by molar-refractivity contribution is 0.451. The molecule has 0 amide bonds. The van der Waals surface area contributed by atoms with Crippen LogP contribution < -0.4 is 5.32 Å². The summed E-state index contributed by atoms with van der Waals surface area (Å²) in [5.41, 5.74) is 6.03. The summed E-state index contributed by atoms with van der Waals surface area (Å²) in [6, 6.07) is 16.2. The van der Waals surface area contributed by atoms with E-state index >= 15 is 0 Å². The molecule has 4 heterocycles. The molecule has 0 atom stereocenters. The SMILES string of the molecule is Cc1noc2c(-c3cccnc3NCCCn3ccnc3)cc(-c3ccccc3)nc12. The van der Waals surface area contributed by atoms with Gasteiger partial charge in [-0.25, -0.2) is 15.0 Å². The van der Waals surface area contributed by atoms with Gasteiger partial charge < -0.3 is 14.4 Å². The molecular formula is C24H22N6O. The van der Waals surface area contributed by atoms with Crippen molar-refractivity contribution in [2.75, 3.05) is 11.9 Å². The molecule has 0 fully saturated rings. The number of anilines is 1. The van der Waals surface area contributed by atoms with E-state index in [1.165, 1.54) is 0 Å². The fraction of sp³-hybridized carbons (Fsp3) is 0.167. The number of imidazole rings is 1. The van der Waals surface area contributed by atoms with Gasteiger partial charge in [-0.15, -0.1) is 0 Å². The van der Waals surface area contributed by atoms with Crippen molar-refractivity contribution in [1.82, 2.24) is 24.7 Å². The van der Waals surface area contributed by atoms with Gasteiger partial charge in [-0.2, -0.15) is 0 Å². The summed E-state index contributed by atoms with van der Waals surface area (Å²) in [5, 5.41) is 7.64. The summed E-state index contributed by atoms with van der Waals surface area (Å²) in [4.78, 5) is 13.5. The highest BCUT2D eigenvalue weighted by Gasteiger charge is 2.18. The number of hydrogen-bond acceptors (Lipinski definition) is 6. The summed E-state index contributed by atoms with van der Waals surface area (Å²) in [6.07, 6.45) is 8.34. The van der Waals surface area contributed by atoms with Crippen molar-refractivity contribution in [1.29, 1.82) is 0 Å². The molecule has 7 nitrogen and oxygen atoms in total. The molecule has 0 bridgehead atoms. The topological polar surface area (TPSA) is 81.7 Å². The fourth-order valence-electron chi connectivity index (χ4n) is 3.64. The van der Waals surface area contributed by atoms with Gasteiger partial charge in [0.25, 0.3) is 0 Å². The maximum atomic E-state index is 5.68. The number of hydrogen-bond donors (Lipinski definition) is 1. The number of nitrogens with zero attached hydrogens (tertiary/aromatic N) is 5. The van der Waals surface area contributed by atoms with Crippen LogP contribution in [0.4, 0.5) is 5.82 Å². The largest absolute Gasteiger partial charge is 0.369 e. The third kappa shape index (κ3) is 3.90. The molecule has 0 unspecified atom stereocenters. The van der Waals surface area contributed by atoms with Crippen LogP contribution in [0.1, 0.15) is 12.1 Å². The van der Waals surface area contributed by atoms with E-state index in [4.69, 9.17) is 9.51 Å². The summed E-state index contributed by atoms with van der Waals surface area (Å²) in [5.74, 6) is 0.814. The molecule has 0 saturated carbocycles. The summed E-state index contributed by atoms with van der Waals surface area (Å²) in [6.45, 7) is 3.60. The number of pyridine rings is 2. The Bertz CT molecular complexity index is 1290. The van der Waals surface area contributed by atoms with Crippen molar-refractivity contribution >= 4 is 16.9 Å². The van der Waals surface area contributed by atoms with Gasteiger partial charge in [0.05, 0.1) is 12.0 Å². The predicted molar refractivity (Wildman–Crippen MR) is 121 cm³/mol. The minimum absolute atomic E-state index is 0.673. The second-order valence-electron chi connectivity index (χ2n) is 7.35. The molecular weight excluding hydrogens is 388 g/mol. The van der Waals surface area contributed by atoms with Gasteiger partial charge in [0.1, 0.15) is 17.0 Å². The highest BCUT2D eigenvalue weighted by molar-refractivity contribution is 5.96. The lowest BCUT2D eigenvalue weighted by Gasteiger charge is -2.12. The molecule has 5 rings (SSSR count). The standard InChI is InChI=1S/C24H22N6O/c1-17-22-23(31-29-17)20(15-21(28-22)18-7-3-2-4-8-18)19-9-5-10-26-24(19)27-11-6-13-30-14-12-25-16-30/h2-5,7-10,12,14-16H,6,11,13H2,1H3,(H,26,27). The van der Waals surface area contributed by atoms with Crippen molar-refractivity contribution in [2.24, 2.45) is 0 Å². The van der Waals surface area contributed by atoms with Crippen molar-refractivity contribution in [3.05, 3.63) is 79.1 Å². The zero-order valence-electron chi connectivity index (χ0n) is 17.2. The molecule has 0 aliphatic rings. The van der Waals surface area contributed by atoms with Crippen LogP contribution in [0.15, 0.2) is 78.0 Å². The van der Waals surface area contributed by atoms with E-state index in [9.17, 15) is 0 Å². The van der Waals surface area contributed by atoms with Crippen LogP contribution in [0.5, 0.6) is 0 Å². The zero-order valence-corrected chi connectivity index (χ0v) is 17.2. The Morgan fingerprint density at radius 3 is 2.77 bits per heavy atom. The molecule has 1 N–H and O–H groups in total. The number of nitrogens with one attached hydrogen (secondary N) is 1. The van der Waals surface area contributed by atoms with Gasteiger partial charge in [-0.1, -0.05) is 35.5 Å². The molecule has 31 heavy (non-hydrogen) atoms. The predicted octanol–water partition coefficient (Wildman–Crippen LogP) is 4.96. The molecule has 7 heteroatoms. The highest BCUT2D eigenvalue weighted by Crippen LogP contribution is 2.36. The van der Waals surface area contributed by atoms with E-state index in [0.717, 1.165) is 58.9 Å². The molecule has 0 spiro atoms. The molecule has 0 aliphatic carbocycles. The van der Waals surface area contributed by atoms with Crippen LogP contribution >= 0.6 is 0 Å². The lowest BCUT2D eigenvalue weighted by atomic mass is 10.0. The molecule has 0 radical (unpaired) electrons. The van der Waals surface area contributed by atoms with E-state index in [1.54, 1.807) is 12.4 Å². The minimum Gasteiger partial charge on any atom is -0.369 e. The van der Waals surface area contributed by atoms with Crippen LogP contribution in [0.3, 0.4) is 0 Å². The van der Waals surface area contributed by atoms with Gasteiger partial charge in [-0.3, -0.25) is 0 Å². The first kappa shape index (κ1) is 19.0. The maximum Gasteiger partial charge on any atom is 0.193 e. The normalized spacial score (nSPS) is 11.1. The zero-order chi connectivity index (χ0) is 21.0. The van der Waals surface area contributed by atoms with E-state index in [0.29, 0.717) is 5.58 Å². The van der Waals surface area contributed by atoms with E-state index in [-0.39, 0.29) is 0 Å². The van der Waals surface area contributed by atoms with Gasteiger partial charge >= 0.3 is 0 Å². The van der Waals surface area contributed by atoms with Gasteiger partial charge in [0.15, 0.2) is 5.58 Å². The highest BCUT2D eigenvalue weighted by atomic mass is 16.5. The number of aryl methyl sites for hydroxylation is 2. The third-order valence-corrected chi connectivity index (χ3v) is 5.20. The molecule has 5 aromatic rings. The first-order valence-corrected chi connectivity index (χ1v) is 10.3. The first-order valence-electron chi connectivity index (χ1n) is 10.3. The minimum atomic E-state index is 0.673. The summed E-state index contributed by atoms with van der Waals surface area (Å²) >= 11 is 0. The van der Waals surface area contributed by atoms with E-state index in [1.807, 2.05) is 49.8 Å². The van der Waals surface area contributed by atoms with Gasteiger partial charge in [0, 0.05) is 48.4 Å². The van der Waals surface area contributed by atoms with Crippen molar-refractivity contribution in [3.63, 3.8) is 0 Å². The van der Waals surface area contributed by atoms with Gasteiger partial charge in [-0.05, 0) is 31.5 Å². The van der Waals surface area contributed by atoms with Crippen LogP contribution in [-0.2, 0) is 6.54 Å². The Morgan fingerprint density at radius 1 is 1.03 bits per heavy atom. The number of rotatable bonds is 7. The summed E-state index contributed by atoms with van der Waals surface area (Å²) in [7, 11) is 0. The van der Waals surface area contributed by atoms with Gasteiger partial charge in [0.2, 0.25) is 0 Å². The Kier molecular flexibility index (Phi) is 5.14. The van der Waals surface area contributed by atoms with Crippen LogP contribution in [0.25, 0.3) is 33.5 Å². The smallest absolute Gasteiger partial charge is 0.193 e. The van der Waals surface area contributed by atoms with Crippen LogP contribution in [0, 0.1) is 6.92 Å². The quantitative estimate of drug-likeness (QED) is 0.382. The molecule has 154 valence electrons. The Morgan fingerprint density at radius 2 is 1.94 bits per heavy atom. The number of benzene rings is 1. The van der Waals surface area contributed by atoms with E-state index in [2.05, 4.69) is 43.2 Å². The fourth-order valence-corrected chi connectivity index (χ4v) is 3.64. The lowest BCUT2D eigenvalue weighted by Crippen LogP contribution is -2.08. The Labute approximate surface area is 179 Å². The van der Waals surface area contributed by atoms with Crippen molar-refractivity contribution < 1.29 is 4.52 Å². The van der Waals surface area contributed by atoms with Crippen LogP contribution in [-0.4, -0.2) is 31.2 Å². The average molecular weight is 410 g/mol. The third-order valence-electron chi connectivity index (χ3n) is 5.20. The summed E-state index contributed by atoms with van der Waals surface area (Å²) < 4.78 is 7.74. The van der Waals surface area contributed by atoms with E-state index < -0.39 is 0 Å². The van der Waals surface area contributed by atoms with Crippen molar-refractivity contribution in [3.8, 4) is 22.4 Å². The first-order chi connectivity index (χ1) is 15.3. The monoisotopic (exact) mass is 410 g/mol. The maximum absolute atomic E-state index is 5.68. The molecule has 0 aliphatic heterocycles. The second-order valence-corrected chi connectivity index (χ2v) is 7.35. The number of aromatic nitrogens is 5. The van der Waals surface area contributed by atoms with Crippen LogP contribution in [0.2, 0.25) is 0 Å².